The van der Waals surface area contributed by atoms with Crippen molar-refractivity contribution in [3.8, 4) is 22.4 Å². The fourth-order valence-electron chi connectivity index (χ4n) is 4.86. The average molecular weight is 476 g/mol. The van der Waals surface area contributed by atoms with Crippen molar-refractivity contribution < 1.29 is 9.53 Å². The van der Waals surface area contributed by atoms with E-state index >= 15 is 0 Å². The van der Waals surface area contributed by atoms with Gasteiger partial charge in [0.05, 0.1) is 25.1 Å². The molecule has 2 aliphatic heterocycles. The number of anilines is 2. The molecule has 9 nitrogen and oxygen atoms in total. The zero-order valence-electron chi connectivity index (χ0n) is 20.0. The summed E-state index contributed by atoms with van der Waals surface area (Å²) in [5.74, 6) is -0.539. The van der Waals surface area contributed by atoms with Gasteiger partial charge in [-0.2, -0.15) is 5.10 Å². The van der Waals surface area contributed by atoms with E-state index in [2.05, 4.69) is 48.5 Å². The van der Waals surface area contributed by atoms with E-state index in [1.165, 1.54) is 6.42 Å². The van der Waals surface area contributed by atoms with E-state index in [0.29, 0.717) is 5.69 Å². The maximum atomic E-state index is 12.5. The highest BCUT2D eigenvalue weighted by atomic mass is 16.5. The van der Waals surface area contributed by atoms with Crippen LogP contribution in [0.4, 0.5) is 11.4 Å². The third-order valence-electron chi connectivity index (χ3n) is 6.77. The largest absolute Gasteiger partial charge is 0.384 e. The van der Waals surface area contributed by atoms with Crippen LogP contribution in [-0.2, 0) is 4.74 Å². The van der Waals surface area contributed by atoms with Gasteiger partial charge in [-0.05, 0) is 43.5 Å². The number of aromatic amines is 1. The molecule has 0 radical (unpaired) electrons. The van der Waals surface area contributed by atoms with Gasteiger partial charge >= 0.3 is 0 Å². The van der Waals surface area contributed by atoms with Crippen molar-refractivity contribution in [3.05, 3.63) is 48.4 Å². The SMILES string of the molecule is NC(=O)c1nc(-c2cn[nH]c2)ccc1-c1ccc(NCCN2CCOCC2)cc1N1CCCCC1. The zero-order valence-corrected chi connectivity index (χ0v) is 20.0. The molecule has 2 saturated heterocycles. The summed E-state index contributed by atoms with van der Waals surface area (Å²) in [5, 5.41) is 10.4. The number of nitrogens with zero attached hydrogens (tertiary/aromatic N) is 4. The van der Waals surface area contributed by atoms with Crippen molar-refractivity contribution in [2.24, 2.45) is 5.73 Å². The predicted octanol–water partition coefficient (Wildman–Crippen LogP) is 2.97. The highest BCUT2D eigenvalue weighted by Gasteiger charge is 2.21. The van der Waals surface area contributed by atoms with Gasteiger partial charge in [0.1, 0.15) is 5.69 Å². The van der Waals surface area contributed by atoms with Crippen molar-refractivity contribution >= 4 is 17.3 Å². The van der Waals surface area contributed by atoms with Crippen molar-refractivity contribution in [3.63, 3.8) is 0 Å². The van der Waals surface area contributed by atoms with E-state index in [-0.39, 0.29) is 5.69 Å². The molecule has 1 amide bonds. The molecule has 2 fully saturated rings. The van der Waals surface area contributed by atoms with Crippen molar-refractivity contribution in [2.75, 3.05) is 62.7 Å². The maximum absolute atomic E-state index is 12.5. The first-order valence-electron chi connectivity index (χ1n) is 12.4. The fourth-order valence-corrected chi connectivity index (χ4v) is 4.86. The molecule has 35 heavy (non-hydrogen) atoms. The molecule has 4 heterocycles. The molecule has 184 valence electrons. The highest BCUT2D eigenvalue weighted by molar-refractivity contribution is 6.00. The lowest BCUT2D eigenvalue weighted by molar-refractivity contribution is 0.0398. The molecular weight excluding hydrogens is 442 g/mol. The van der Waals surface area contributed by atoms with Crippen LogP contribution in [0.25, 0.3) is 22.4 Å². The summed E-state index contributed by atoms with van der Waals surface area (Å²) < 4.78 is 5.45. The molecule has 0 spiro atoms. The predicted molar refractivity (Wildman–Crippen MR) is 138 cm³/mol. The number of ether oxygens (including phenoxy) is 1. The van der Waals surface area contributed by atoms with Crippen LogP contribution in [0.2, 0.25) is 0 Å². The quantitative estimate of drug-likeness (QED) is 0.459. The summed E-state index contributed by atoms with van der Waals surface area (Å²) in [4.78, 5) is 21.9. The zero-order chi connectivity index (χ0) is 24.0. The van der Waals surface area contributed by atoms with Crippen LogP contribution < -0.4 is 16.0 Å². The molecule has 5 rings (SSSR count). The lowest BCUT2D eigenvalue weighted by Gasteiger charge is -2.31. The lowest BCUT2D eigenvalue weighted by Crippen LogP contribution is -2.39. The Balaban J connectivity index is 1.45. The number of aromatic nitrogens is 3. The van der Waals surface area contributed by atoms with Gasteiger partial charge in [-0.1, -0.05) is 6.07 Å². The number of hydrogen-bond acceptors (Lipinski definition) is 7. The van der Waals surface area contributed by atoms with Crippen LogP contribution in [0, 0.1) is 0 Å². The minimum Gasteiger partial charge on any atom is -0.384 e. The minimum atomic E-state index is -0.539. The maximum Gasteiger partial charge on any atom is 0.267 e. The van der Waals surface area contributed by atoms with Crippen molar-refractivity contribution in [1.82, 2.24) is 20.1 Å². The summed E-state index contributed by atoms with van der Waals surface area (Å²) in [6.45, 7) is 7.43. The normalized spacial score (nSPS) is 16.9. The second-order valence-corrected chi connectivity index (χ2v) is 9.10. The number of pyridine rings is 1. The molecule has 2 aliphatic rings. The number of rotatable bonds is 8. The van der Waals surface area contributed by atoms with Gasteiger partial charge < -0.3 is 20.7 Å². The van der Waals surface area contributed by atoms with E-state index < -0.39 is 5.91 Å². The lowest BCUT2D eigenvalue weighted by atomic mass is 9.98. The van der Waals surface area contributed by atoms with Crippen LogP contribution in [0.3, 0.4) is 0 Å². The number of carbonyl (C=O) groups is 1. The molecule has 1 aromatic carbocycles. The molecule has 9 heteroatoms. The highest BCUT2D eigenvalue weighted by Crippen LogP contribution is 2.37. The Hall–Kier alpha value is -3.43. The van der Waals surface area contributed by atoms with Gasteiger partial charge in [0.15, 0.2) is 0 Å². The number of primary amides is 1. The molecule has 0 aliphatic carbocycles. The van der Waals surface area contributed by atoms with E-state index in [9.17, 15) is 4.79 Å². The Morgan fingerprint density at radius 2 is 1.86 bits per heavy atom. The van der Waals surface area contributed by atoms with E-state index in [1.54, 1.807) is 12.4 Å². The number of morpholine rings is 1. The van der Waals surface area contributed by atoms with Crippen LogP contribution in [0.1, 0.15) is 29.8 Å². The standard InChI is InChI=1S/C26H33N7O2/c27-26(34)25-22(6-7-23(31-25)19-17-29-30-18-19)21-5-4-20(16-24(21)33-9-2-1-3-10-33)28-8-11-32-12-14-35-15-13-32/h4-7,16-18,28H,1-3,8-15H2,(H2,27,34)(H,29,30). The summed E-state index contributed by atoms with van der Waals surface area (Å²) in [7, 11) is 0. The topological polar surface area (TPSA) is 112 Å². The van der Waals surface area contributed by atoms with Gasteiger partial charge in [-0.3, -0.25) is 14.8 Å². The number of carbonyl (C=O) groups excluding carboxylic acids is 1. The summed E-state index contributed by atoms with van der Waals surface area (Å²) in [6.07, 6.45) is 7.01. The third kappa shape index (κ3) is 5.47. The molecule has 0 unspecified atom stereocenters. The van der Waals surface area contributed by atoms with Gasteiger partial charge in [-0.15, -0.1) is 0 Å². The number of hydrogen-bond donors (Lipinski definition) is 3. The van der Waals surface area contributed by atoms with Crippen LogP contribution in [0.5, 0.6) is 0 Å². The smallest absolute Gasteiger partial charge is 0.267 e. The van der Waals surface area contributed by atoms with Crippen molar-refractivity contribution in [1.29, 1.82) is 0 Å². The Kier molecular flexibility index (Phi) is 7.25. The Morgan fingerprint density at radius 1 is 1.06 bits per heavy atom. The fraction of sp³-hybridized carbons (Fsp3) is 0.423. The second-order valence-electron chi connectivity index (χ2n) is 9.10. The minimum absolute atomic E-state index is 0.273. The van der Waals surface area contributed by atoms with Crippen molar-refractivity contribution in [2.45, 2.75) is 19.3 Å². The van der Waals surface area contributed by atoms with Crippen LogP contribution in [-0.4, -0.2) is 78.5 Å². The number of piperidine rings is 1. The molecule has 0 atom stereocenters. The number of nitrogens with one attached hydrogen (secondary N) is 2. The second kappa shape index (κ2) is 10.9. The molecule has 3 aromatic rings. The number of amides is 1. The van der Waals surface area contributed by atoms with E-state index in [1.807, 2.05) is 12.1 Å². The van der Waals surface area contributed by atoms with Gasteiger partial charge in [-0.25, -0.2) is 4.98 Å². The number of nitrogens with two attached hydrogens (primary N) is 1. The molecular formula is C26H33N7O2. The number of H-pyrrole nitrogens is 1. The Labute approximate surface area is 205 Å². The first-order chi connectivity index (χ1) is 17.2. The molecule has 4 N–H and O–H groups in total. The average Bonchev–Trinajstić information content (AvgIpc) is 3.45. The monoisotopic (exact) mass is 475 g/mol. The van der Waals surface area contributed by atoms with Gasteiger partial charge in [0.2, 0.25) is 0 Å². The Morgan fingerprint density at radius 3 is 2.60 bits per heavy atom. The molecule has 0 saturated carbocycles. The van der Waals surface area contributed by atoms with Gasteiger partial charge in [0, 0.05) is 73.5 Å². The van der Waals surface area contributed by atoms with Crippen LogP contribution >= 0.6 is 0 Å². The summed E-state index contributed by atoms with van der Waals surface area (Å²) in [5.41, 5.74) is 11.5. The van der Waals surface area contributed by atoms with E-state index in [0.717, 1.165) is 93.4 Å². The number of benzene rings is 1. The van der Waals surface area contributed by atoms with Crippen LogP contribution in [0.15, 0.2) is 42.7 Å². The molecule has 2 aromatic heterocycles. The summed E-state index contributed by atoms with van der Waals surface area (Å²) >= 11 is 0. The van der Waals surface area contributed by atoms with E-state index in [4.69, 9.17) is 10.5 Å². The first-order valence-corrected chi connectivity index (χ1v) is 12.4. The summed E-state index contributed by atoms with van der Waals surface area (Å²) in [6, 6.07) is 10.2. The molecule has 0 bridgehead atoms. The van der Waals surface area contributed by atoms with Gasteiger partial charge in [0.25, 0.3) is 5.91 Å². The first kappa shape index (κ1) is 23.3. The third-order valence-corrected chi connectivity index (χ3v) is 6.77. The Bertz CT molecular complexity index is 1140.